The zero-order chi connectivity index (χ0) is 11.3. The first kappa shape index (κ1) is 15.9. The van der Waals surface area contributed by atoms with Crippen molar-refractivity contribution in [2.45, 2.75) is 33.6 Å². The Kier molecular flexibility index (Phi) is 8.07. The van der Waals surface area contributed by atoms with Gasteiger partial charge in [-0.05, 0) is 6.42 Å². The van der Waals surface area contributed by atoms with Crippen molar-refractivity contribution >= 4 is 5.91 Å². The Labute approximate surface area is 122 Å². The number of ether oxygens (including phenoxy) is 1. The van der Waals surface area contributed by atoms with E-state index in [-0.39, 0.29) is 45.2 Å². The molecule has 1 heterocycles. The summed E-state index contributed by atoms with van der Waals surface area (Å²) in [6.45, 7) is 6.53. The van der Waals surface area contributed by atoms with Crippen LogP contribution in [-0.4, -0.2) is 28.7 Å². The van der Waals surface area contributed by atoms with Crippen molar-refractivity contribution in [1.29, 1.82) is 0 Å². The van der Waals surface area contributed by atoms with E-state index in [9.17, 15) is 4.79 Å². The molecule has 0 aromatic carbocycles. The molecule has 0 amide bonds. The van der Waals surface area contributed by atoms with Crippen LogP contribution in [0.25, 0.3) is 0 Å². The zero-order valence-corrected chi connectivity index (χ0v) is 13.0. The van der Waals surface area contributed by atoms with E-state index in [0.29, 0.717) is 6.61 Å². The van der Waals surface area contributed by atoms with E-state index in [2.05, 4.69) is 18.2 Å². The summed E-state index contributed by atoms with van der Waals surface area (Å²) in [7, 11) is 0. The first-order valence-electron chi connectivity index (χ1n) is 5.21. The van der Waals surface area contributed by atoms with E-state index in [1.165, 1.54) is 4.57 Å². The molecule has 5 heteroatoms. The second-order valence-corrected chi connectivity index (χ2v) is 3.52. The van der Waals surface area contributed by atoms with Crippen molar-refractivity contribution < 1.29 is 42.2 Å². The summed E-state index contributed by atoms with van der Waals surface area (Å²) < 4.78 is 6.65. The van der Waals surface area contributed by atoms with Gasteiger partial charge in [0, 0.05) is 45.6 Å². The molecular weight excluding hydrogens is 281 g/mol. The fourth-order valence-electron chi connectivity index (χ4n) is 1.16. The van der Waals surface area contributed by atoms with Crippen LogP contribution in [0.4, 0.5) is 0 Å². The topological polar surface area (TPSA) is 44.1 Å². The number of carbonyl (C=O) groups is 1. The average molecular weight is 298 g/mol. The van der Waals surface area contributed by atoms with Crippen molar-refractivity contribution in [1.82, 2.24) is 9.55 Å². The molecule has 0 aliphatic carbocycles. The minimum Gasteiger partial charge on any atom is -0.400 e. The molecule has 1 aromatic rings. The summed E-state index contributed by atoms with van der Waals surface area (Å²) in [5.74, 6) is -0.107. The monoisotopic (exact) mass is 298 g/mol. The van der Waals surface area contributed by atoms with Crippen molar-refractivity contribution in [3.8, 4) is 0 Å². The maximum atomic E-state index is 11.6. The third kappa shape index (κ3) is 4.44. The molecule has 0 saturated heterocycles. The number of hydrogen-bond acceptors (Lipinski definition) is 3. The molecule has 0 bridgehead atoms. The van der Waals surface area contributed by atoms with E-state index in [4.69, 9.17) is 4.74 Å². The number of carbonyl (C=O) groups excluding carboxylic acids is 1. The smallest absolute Gasteiger partial charge is 0.173 e. The van der Waals surface area contributed by atoms with Gasteiger partial charge in [0.05, 0.1) is 6.61 Å². The summed E-state index contributed by atoms with van der Waals surface area (Å²) in [6.07, 6.45) is 4.71. The fraction of sp³-hybridized carbons (Fsp3) is 0.636. The van der Waals surface area contributed by atoms with Crippen LogP contribution in [0.2, 0.25) is 0 Å². The molecular formula is C11H17N2O2Y-. The maximum absolute atomic E-state index is 11.6. The molecule has 1 aromatic heterocycles. The Morgan fingerprint density at radius 3 is 2.69 bits per heavy atom. The molecule has 0 saturated carbocycles. The number of imidazole rings is 1. The fourth-order valence-corrected chi connectivity index (χ4v) is 1.16. The molecule has 0 unspecified atom stereocenters. The van der Waals surface area contributed by atoms with Gasteiger partial charge in [0.2, 0.25) is 0 Å². The number of rotatable bonds is 5. The summed E-state index contributed by atoms with van der Waals surface area (Å²) >= 11 is 0. The number of unbranched alkanes of at least 4 members (excludes halogenated alkanes) is 1. The molecule has 0 N–H and O–H groups in total. The number of nitrogens with zero attached hydrogens (tertiary/aromatic N) is 2. The second kappa shape index (κ2) is 8.10. The normalized spacial score (nSPS) is 9.94. The minimum absolute atomic E-state index is 0. The third-order valence-corrected chi connectivity index (χ3v) is 2.29. The minimum atomic E-state index is -0.107. The van der Waals surface area contributed by atoms with Crippen LogP contribution in [0.15, 0.2) is 0 Å². The summed E-state index contributed by atoms with van der Waals surface area (Å²) in [5, 5.41) is 0. The first-order valence-corrected chi connectivity index (χ1v) is 5.21. The van der Waals surface area contributed by atoms with Gasteiger partial charge in [-0.25, -0.2) is 0 Å². The Bertz CT molecular complexity index is 337. The van der Waals surface area contributed by atoms with Crippen molar-refractivity contribution in [3.05, 3.63) is 17.7 Å². The molecule has 1 rings (SSSR count). The Hall–Kier alpha value is -0.0561. The molecule has 16 heavy (non-hydrogen) atoms. The largest absolute Gasteiger partial charge is 0.400 e. The number of aryl methyl sites for hydroxylation is 1. The van der Waals surface area contributed by atoms with Crippen LogP contribution >= 0.6 is 0 Å². The van der Waals surface area contributed by atoms with Gasteiger partial charge in [0.15, 0.2) is 5.91 Å². The molecule has 4 nitrogen and oxygen atoms in total. The van der Waals surface area contributed by atoms with Gasteiger partial charge in [-0.3, -0.25) is 0 Å². The number of aromatic nitrogens is 2. The van der Waals surface area contributed by atoms with Crippen LogP contribution in [0.3, 0.4) is 0 Å². The van der Waals surface area contributed by atoms with Crippen LogP contribution in [0, 0.1) is 20.2 Å². The van der Waals surface area contributed by atoms with Crippen LogP contribution in [-0.2, 0) is 37.4 Å². The first-order chi connectivity index (χ1) is 7.16. The third-order valence-electron chi connectivity index (χ3n) is 2.29. The Morgan fingerprint density at radius 2 is 2.19 bits per heavy atom. The van der Waals surface area contributed by atoms with E-state index < -0.39 is 0 Å². The zero-order valence-electron chi connectivity index (χ0n) is 10.1. The summed E-state index contributed by atoms with van der Waals surface area (Å²) in [6, 6.07) is 0. The number of hydrogen-bond donors (Lipinski definition) is 0. The van der Waals surface area contributed by atoms with Crippen molar-refractivity contribution in [2.24, 2.45) is 0 Å². The molecule has 87 valence electrons. The molecule has 0 aliphatic rings. The standard InChI is InChI=1S/C11H17N2O2.Y/c1-4-5-6-15-7-11(14)13-8-12-9(2)10(13)3;/h4-7H2,1-3H3;/q-1;. The average Bonchev–Trinajstić information content (AvgIpc) is 2.55. The van der Waals surface area contributed by atoms with E-state index in [1.807, 2.05) is 13.8 Å². The molecule has 0 spiro atoms. The van der Waals surface area contributed by atoms with Gasteiger partial charge in [0.1, 0.15) is 0 Å². The van der Waals surface area contributed by atoms with Gasteiger partial charge in [0.25, 0.3) is 0 Å². The van der Waals surface area contributed by atoms with Gasteiger partial charge in [-0.1, -0.05) is 38.6 Å². The second-order valence-electron chi connectivity index (χ2n) is 3.52. The van der Waals surface area contributed by atoms with Crippen LogP contribution in [0.5, 0.6) is 0 Å². The summed E-state index contributed by atoms with van der Waals surface area (Å²) in [4.78, 5) is 15.6. The van der Waals surface area contributed by atoms with Gasteiger partial charge in [-0.2, -0.15) is 0 Å². The van der Waals surface area contributed by atoms with E-state index in [1.54, 1.807) is 0 Å². The predicted octanol–water partition coefficient (Wildman–Crippen LogP) is 1.75. The predicted molar refractivity (Wildman–Crippen MR) is 56.9 cm³/mol. The maximum Gasteiger partial charge on any atom is 0.173 e. The molecule has 0 aliphatic heterocycles. The SMILES string of the molecule is CCCCOCC(=O)n1[c-]nc(C)c1C.[Y]. The van der Waals surface area contributed by atoms with Gasteiger partial charge >= 0.3 is 0 Å². The van der Waals surface area contributed by atoms with E-state index in [0.717, 1.165) is 24.2 Å². The summed E-state index contributed by atoms with van der Waals surface area (Å²) in [5.41, 5.74) is 1.66. The molecule has 1 radical (unpaired) electrons. The quantitative estimate of drug-likeness (QED) is 0.614. The molecule has 0 atom stereocenters. The van der Waals surface area contributed by atoms with Gasteiger partial charge in [-0.15, -0.1) is 0 Å². The molecule has 0 fully saturated rings. The van der Waals surface area contributed by atoms with Crippen molar-refractivity contribution in [3.63, 3.8) is 0 Å². The van der Waals surface area contributed by atoms with Crippen molar-refractivity contribution in [2.75, 3.05) is 13.2 Å². The van der Waals surface area contributed by atoms with Gasteiger partial charge < -0.3 is 19.1 Å². The Morgan fingerprint density at radius 1 is 1.50 bits per heavy atom. The van der Waals surface area contributed by atoms with Crippen LogP contribution < -0.4 is 0 Å². The van der Waals surface area contributed by atoms with Crippen LogP contribution in [0.1, 0.15) is 35.9 Å². The Balaban J connectivity index is 0.00000225. The van der Waals surface area contributed by atoms with E-state index >= 15 is 0 Å².